The highest BCUT2D eigenvalue weighted by Gasteiger charge is 2.25. The van der Waals surface area contributed by atoms with Gasteiger partial charge in [0.2, 0.25) is 5.43 Å². The van der Waals surface area contributed by atoms with E-state index in [1.807, 2.05) is 19.1 Å². The normalized spacial score (nSPS) is 12.9. The SMILES string of the molecule is COc1ccc(C)cc1Nc1c(-c2ccc3c(c2)OCC(=O)N3)c(=O)c1=O. The fourth-order valence-electron chi connectivity index (χ4n) is 3.07. The van der Waals surface area contributed by atoms with Gasteiger partial charge >= 0.3 is 0 Å². The molecule has 7 nitrogen and oxygen atoms in total. The molecule has 0 unspecified atom stereocenters. The van der Waals surface area contributed by atoms with Gasteiger partial charge in [-0.05, 0) is 42.3 Å². The molecule has 0 radical (unpaired) electrons. The highest BCUT2D eigenvalue weighted by molar-refractivity contribution is 5.96. The van der Waals surface area contributed by atoms with Crippen molar-refractivity contribution in [2.45, 2.75) is 6.92 Å². The summed E-state index contributed by atoms with van der Waals surface area (Å²) in [7, 11) is 1.54. The van der Waals surface area contributed by atoms with Crippen LogP contribution in [0.1, 0.15) is 5.56 Å². The Labute approximate surface area is 154 Å². The Hall–Kier alpha value is -3.61. The number of rotatable bonds is 4. The minimum absolute atomic E-state index is 0.0893. The summed E-state index contributed by atoms with van der Waals surface area (Å²) >= 11 is 0. The van der Waals surface area contributed by atoms with Crippen molar-refractivity contribution in [2.75, 3.05) is 24.4 Å². The van der Waals surface area contributed by atoms with Gasteiger partial charge in [0.05, 0.1) is 24.0 Å². The number of hydrogen-bond donors (Lipinski definition) is 2. The van der Waals surface area contributed by atoms with E-state index in [2.05, 4.69) is 10.6 Å². The number of amides is 1. The van der Waals surface area contributed by atoms with Crippen LogP contribution in [0.2, 0.25) is 0 Å². The van der Waals surface area contributed by atoms with Crippen LogP contribution in [0, 0.1) is 6.92 Å². The Bertz CT molecular complexity index is 1140. The lowest BCUT2D eigenvalue weighted by atomic mass is 9.97. The Morgan fingerprint density at radius 2 is 1.89 bits per heavy atom. The molecule has 0 bridgehead atoms. The molecule has 0 aliphatic carbocycles. The van der Waals surface area contributed by atoms with Crippen LogP contribution in [0.25, 0.3) is 11.1 Å². The largest absolute Gasteiger partial charge is 0.495 e. The maximum Gasteiger partial charge on any atom is 0.262 e. The average molecular weight is 364 g/mol. The highest BCUT2D eigenvalue weighted by atomic mass is 16.5. The average Bonchev–Trinajstić information content (AvgIpc) is 2.67. The molecule has 4 rings (SSSR count). The van der Waals surface area contributed by atoms with Crippen molar-refractivity contribution in [3.8, 4) is 22.6 Å². The summed E-state index contributed by atoms with van der Waals surface area (Å²) in [6.45, 7) is 1.83. The van der Waals surface area contributed by atoms with Crippen LogP contribution in [-0.4, -0.2) is 19.6 Å². The van der Waals surface area contributed by atoms with Crippen molar-refractivity contribution in [1.29, 1.82) is 0 Å². The van der Waals surface area contributed by atoms with Gasteiger partial charge in [0.15, 0.2) is 6.61 Å². The fourth-order valence-corrected chi connectivity index (χ4v) is 3.07. The molecule has 0 aromatic heterocycles. The molecule has 1 aliphatic rings. The highest BCUT2D eigenvalue weighted by Crippen LogP contribution is 2.36. The number of aryl methyl sites for hydroxylation is 1. The maximum atomic E-state index is 12.2. The molecule has 7 heteroatoms. The molecular formula is C20H16N2O5. The molecule has 0 spiro atoms. The lowest BCUT2D eigenvalue weighted by Gasteiger charge is -2.20. The van der Waals surface area contributed by atoms with Crippen molar-refractivity contribution < 1.29 is 14.3 Å². The molecule has 0 fully saturated rings. The van der Waals surface area contributed by atoms with E-state index in [-0.39, 0.29) is 23.8 Å². The molecule has 1 amide bonds. The second-order valence-corrected chi connectivity index (χ2v) is 6.28. The van der Waals surface area contributed by atoms with Gasteiger partial charge < -0.3 is 20.1 Å². The summed E-state index contributed by atoms with van der Waals surface area (Å²) < 4.78 is 10.7. The van der Waals surface area contributed by atoms with Gasteiger partial charge in [-0.3, -0.25) is 14.4 Å². The summed E-state index contributed by atoms with van der Waals surface area (Å²) in [5, 5.41) is 5.72. The molecule has 2 N–H and O–H groups in total. The van der Waals surface area contributed by atoms with E-state index in [0.29, 0.717) is 28.4 Å². The third kappa shape index (κ3) is 2.83. The zero-order valence-corrected chi connectivity index (χ0v) is 14.7. The zero-order valence-electron chi connectivity index (χ0n) is 14.7. The van der Waals surface area contributed by atoms with Crippen LogP contribution in [-0.2, 0) is 4.79 Å². The molecule has 3 aromatic rings. The Kier molecular flexibility index (Phi) is 3.92. The monoisotopic (exact) mass is 364 g/mol. The first-order valence-electron chi connectivity index (χ1n) is 8.30. The predicted molar refractivity (Wildman–Crippen MR) is 102 cm³/mol. The molecular weight excluding hydrogens is 348 g/mol. The lowest BCUT2D eigenvalue weighted by molar-refractivity contribution is -0.118. The number of fused-ring (bicyclic) bond motifs is 1. The van der Waals surface area contributed by atoms with Gasteiger partial charge in [0.1, 0.15) is 17.2 Å². The molecule has 27 heavy (non-hydrogen) atoms. The predicted octanol–water partition coefficient (Wildman–Crippen LogP) is 2.34. The molecule has 0 atom stereocenters. The number of methoxy groups -OCH3 is 1. The Balaban J connectivity index is 1.74. The van der Waals surface area contributed by atoms with E-state index >= 15 is 0 Å². The number of carbonyl (C=O) groups excluding carboxylic acids is 1. The maximum absolute atomic E-state index is 12.2. The summed E-state index contributed by atoms with van der Waals surface area (Å²) in [6, 6.07) is 10.5. The number of benzene rings is 2. The fraction of sp³-hybridized carbons (Fsp3) is 0.150. The molecule has 3 aromatic carbocycles. The molecule has 1 heterocycles. The van der Waals surface area contributed by atoms with Crippen molar-refractivity contribution >= 4 is 23.0 Å². The Morgan fingerprint density at radius 3 is 2.67 bits per heavy atom. The van der Waals surface area contributed by atoms with E-state index in [1.165, 1.54) is 7.11 Å². The quantitative estimate of drug-likeness (QED) is 0.690. The molecule has 136 valence electrons. The van der Waals surface area contributed by atoms with Crippen LogP contribution < -0.4 is 31.0 Å². The van der Waals surface area contributed by atoms with Crippen molar-refractivity contribution in [2.24, 2.45) is 0 Å². The first kappa shape index (κ1) is 16.8. The van der Waals surface area contributed by atoms with E-state index in [1.54, 1.807) is 24.3 Å². The summed E-state index contributed by atoms with van der Waals surface area (Å²) in [4.78, 5) is 35.8. The summed E-state index contributed by atoms with van der Waals surface area (Å²) in [5.74, 6) is 0.786. The minimum atomic E-state index is -0.583. The first-order valence-corrected chi connectivity index (χ1v) is 8.30. The van der Waals surface area contributed by atoms with E-state index in [4.69, 9.17) is 9.47 Å². The van der Waals surface area contributed by atoms with Crippen LogP contribution in [0.3, 0.4) is 0 Å². The second-order valence-electron chi connectivity index (χ2n) is 6.28. The van der Waals surface area contributed by atoms with Crippen LogP contribution in [0.5, 0.6) is 11.5 Å². The van der Waals surface area contributed by atoms with Gasteiger partial charge in [0.25, 0.3) is 11.3 Å². The van der Waals surface area contributed by atoms with E-state index < -0.39 is 10.9 Å². The molecule has 1 aliphatic heterocycles. The molecule has 0 saturated heterocycles. The Morgan fingerprint density at radius 1 is 1.07 bits per heavy atom. The van der Waals surface area contributed by atoms with Crippen molar-refractivity contribution in [3.05, 3.63) is 62.4 Å². The second kappa shape index (κ2) is 6.28. The lowest BCUT2D eigenvalue weighted by Crippen LogP contribution is -2.35. The van der Waals surface area contributed by atoms with E-state index in [9.17, 15) is 14.4 Å². The third-order valence-electron chi connectivity index (χ3n) is 4.43. The first-order chi connectivity index (χ1) is 13.0. The van der Waals surface area contributed by atoms with E-state index in [0.717, 1.165) is 5.56 Å². The minimum Gasteiger partial charge on any atom is -0.495 e. The van der Waals surface area contributed by atoms with Crippen LogP contribution >= 0.6 is 0 Å². The topological polar surface area (TPSA) is 93.7 Å². The number of nitrogens with one attached hydrogen (secondary N) is 2. The zero-order chi connectivity index (χ0) is 19.1. The van der Waals surface area contributed by atoms with Gasteiger partial charge in [-0.15, -0.1) is 0 Å². The summed E-state index contributed by atoms with van der Waals surface area (Å²) in [6.07, 6.45) is 0. The van der Waals surface area contributed by atoms with Gasteiger partial charge in [0, 0.05) is 0 Å². The van der Waals surface area contributed by atoms with Crippen molar-refractivity contribution in [1.82, 2.24) is 0 Å². The number of anilines is 3. The number of ether oxygens (including phenoxy) is 2. The smallest absolute Gasteiger partial charge is 0.262 e. The standard InChI is InChI=1S/C20H16N2O5/c1-10-3-6-14(26-2)13(7-10)22-18-17(19(24)20(18)25)11-4-5-12-15(8-11)27-9-16(23)21-12/h3-8,22H,9H2,1-2H3,(H,21,23). The number of carbonyl (C=O) groups is 1. The van der Waals surface area contributed by atoms with Crippen LogP contribution in [0.4, 0.5) is 17.1 Å². The molecule has 0 saturated carbocycles. The van der Waals surface area contributed by atoms with Gasteiger partial charge in [-0.1, -0.05) is 12.1 Å². The third-order valence-corrected chi connectivity index (χ3v) is 4.43. The summed E-state index contributed by atoms with van der Waals surface area (Å²) in [5.41, 5.74) is 2.01. The van der Waals surface area contributed by atoms with Gasteiger partial charge in [-0.25, -0.2) is 0 Å². The number of hydrogen-bond acceptors (Lipinski definition) is 6. The van der Waals surface area contributed by atoms with Crippen molar-refractivity contribution in [3.63, 3.8) is 0 Å². The van der Waals surface area contributed by atoms with Crippen LogP contribution in [0.15, 0.2) is 46.0 Å². The van der Waals surface area contributed by atoms with Gasteiger partial charge in [-0.2, -0.15) is 0 Å².